The Balaban J connectivity index is 2.38. The minimum atomic E-state index is -1.71. The van der Waals surface area contributed by atoms with E-state index in [0.717, 1.165) is 4.90 Å². The summed E-state index contributed by atoms with van der Waals surface area (Å²) in [6, 6.07) is -11.7. The molecular formula is C40H65N13O14. The summed E-state index contributed by atoms with van der Waals surface area (Å²) < 4.78 is 0. The Kier molecular flexibility index (Phi) is 23.8. The molecule has 8 atom stereocenters. The molecule has 1 fully saturated rings. The van der Waals surface area contributed by atoms with Crippen LogP contribution in [0.1, 0.15) is 90.2 Å². The Morgan fingerprint density at radius 3 is 1.87 bits per heavy atom. The number of nitrogens with zero attached hydrogens (tertiary/aromatic N) is 2. The predicted octanol–water partition coefficient (Wildman–Crippen LogP) is -5.56. The van der Waals surface area contributed by atoms with Crippen molar-refractivity contribution >= 4 is 65.1 Å². The van der Waals surface area contributed by atoms with E-state index in [0.29, 0.717) is 25.1 Å². The van der Waals surface area contributed by atoms with Crippen molar-refractivity contribution in [1.82, 2.24) is 46.8 Å². The number of amides is 9. The lowest BCUT2D eigenvalue weighted by atomic mass is 10.0. The van der Waals surface area contributed by atoms with E-state index in [1.165, 1.54) is 12.5 Å². The molecule has 1 aromatic rings. The first-order valence-electron chi connectivity index (χ1n) is 21.8. The average Bonchev–Trinajstić information content (AvgIpc) is 3.97. The van der Waals surface area contributed by atoms with Gasteiger partial charge in [0.25, 0.3) is 0 Å². The van der Waals surface area contributed by atoms with Crippen molar-refractivity contribution in [2.24, 2.45) is 28.9 Å². The molecule has 9 amide bonds. The molecule has 1 saturated heterocycles. The summed E-state index contributed by atoms with van der Waals surface area (Å²) in [7, 11) is 0. The van der Waals surface area contributed by atoms with Crippen LogP contribution in [0.2, 0.25) is 0 Å². The van der Waals surface area contributed by atoms with E-state index in [4.69, 9.17) is 22.9 Å². The first-order chi connectivity index (χ1) is 31.6. The van der Waals surface area contributed by atoms with Crippen LogP contribution in [-0.2, 0) is 59.2 Å². The van der Waals surface area contributed by atoms with Gasteiger partial charge in [-0.1, -0.05) is 13.8 Å². The number of aliphatic carboxylic acids is 2. The van der Waals surface area contributed by atoms with Crippen molar-refractivity contribution in [2.75, 3.05) is 19.7 Å². The smallest absolute Gasteiger partial charge is 0.326 e. The molecule has 18 N–H and O–H groups in total. The van der Waals surface area contributed by atoms with Gasteiger partial charge in [0.2, 0.25) is 53.2 Å². The molecule has 0 saturated carbocycles. The van der Waals surface area contributed by atoms with E-state index in [-0.39, 0.29) is 44.6 Å². The van der Waals surface area contributed by atoms with E-state index in [1.54, 1.807) is 13.8 Å². The zero-order valence-electron chi connectivity index (χ0n) is 37.5. The second-order valence-corrected chi connectivity index (χ2v) is 16.5. The number of imidazole rings is 1. The standard InChI is InChI=1S/C40H65N13O14/c1-20(2)14-26(36(62)49-25(40(66)67)6-3-4-12-41)50-34(60)24(9-11-32(57)58)48-38(64)29-7-5-13-53(29)39(65)27(15-21-17-45-19-46-21)51-35(61)23(8-10-30(43)55)47-37(63)28(18-54)52-33(59)22(42)16-31(44)56/h17,19-20,22-29,54H,3-16,18,41-42H2,1-2H3,(H2,43,55)(H2,44,56)(H,45,46)(H,47,63)(H,48,64)(H,49,62)(H,50,60)(H,51,61)(H,52,59)(H,57,58)(H,66,67)/t22-,23-,24-,25-,26-,27-,28-,29-/m0/s1. The van der Waals surface area contributed by atoms with Crippen LogP contribution < -0.4 is 54.8 Å². The molecular weight excluding hydrogens is 887 g/mol. The number of carboxylic acids is 2. The number of rotatable bonds is 31. The fourth-order valence-electron chi connectivity index (χ4n) is 7.00. The highest BCUT2D eigenvalue weighted by Crippen LogP contribution is 2.21. The molecule has 1 aromatic heterocycles. The molecule has 2 rings (SSSR count). The maximum atomic E-state index is 14.4. The number of aromatic amines is 1. The molecule has 27 heteroatoms. The number of carboxylic acid groups (broad SMARTS) is 2. The summed E-state index contributed by atoms with van der Waals surface area (Å²) in [5.41, 5.74) is 21.9. The number of primary amides is 2. The molecule has 27 nitrogen and oxygen atoms in total. The quantitative estimate of drug-likeness (QED) is 0.0309. The molecule has 0 spiro atoms. The SMILES string of the molecule is CC(C)C[C@H](NC(=O)[C@H](CCC(=O)O)NC(=O)[C@@H]1CCCN1C(=O)[C@H](Cc1cnc[nH]1)NC(=O)[C@H](CCC(N)=O)NC(=O)[C@H](CO)NC(=O)[C@@H](N)CC(N)=O)C(=O)N[C@@H](CCCCN)C(=O)O. The molecule has 67 heavy (non-hydrogen) atoms. The third kappa shape index (κ3) is 19.7. The van der Waals surface area contributed by atoms with E-state index in [9.17, 15) is 68.1 Å². The van der Waals surface area contributed by atoms with Crippen LogP contribution in [0.25, 0.3) is 0 Å². The van der Waals surface area contributed by atoms with Crippen molar-refractivity contribution in [3.8, 4) is 0 Å². The number of nitrogens with two attached hydrogens (primary N) is 4. The number of carbonyl (C=O) groups excluding carboxylic acids is 9. The van der Waals surface area contributed by atoms with Crippen LogP contribution in [0.4, 0.5) is 0 Å². The fourth-order valence-corrected chi connectivity index (χ4v) is 7.00. The molecule has 0 bridgehead atoms. The number of H-pyrrole nitrogens is 1. The third-order valence-electron chi connectivity index (χ3n) is 10.5. The molecule has 0 radical (unpaired) electrons. The Labute approximate surface area is 385 Å². The summed E-state index contributed by atoms with van der Waals surface area (Å²) in [5.74, 6) is -11.3. The number of aliphatic hydroxyl groups excluding tert-OH is 1. The van der Waals surface area contributed by atoms with Crippen molar-refractivity contribution < 1.29 is 68.1 Å². The van der Waals surface area contributed by atoms with Crippen LogP contribution in [0.3, 0.4) is 0 Å². The number of aliphatic hydroxyl groups is 1. The van der Waals surface area contributed by atoms with Gasteiger partial charge in [0.1, 0.15) is 42.3 Å². The highest BCUT2D eigenvalue weighted by molar-refractivity contribution is 5.98. The summed E-state index contributed by atoms with van der Waals surface area (Å²) in [6.07, 6.45) is 1.22. The molecule has 0 aliphatic carbocycles. The van der Waals surface area contributed by atoms with Crippen molar-refractivity contribution in [1.29, 1.82) is 0 Å². The minimum Gasteiger partial charge on any atom is -0.481 e. The van der Waals surface area contributed by atoms with Crippen LogP contribution >= 0.6 is 0 Å². The minimum absolute atomic E-state index is 0.0253. The van der Waals surface area contributed by atoms with Gasteiger partial charge in [0, 0.05) is 37.7 Å². The monoisotopic (exact) mass is 951 g/mol. The zero-order valence-corrected chi connectivity index (χ0v) is 37.5. The lowest BCUT2D eigenvalue weighted by Gasteiger charge is -2.31. The fraction of sp³-hybridized carbons (Fsp3) is 0.650. The lowest BCUT2D eigenvalue weighted by Crippen LogP contribution is -2.60. The number of hydrogen-bond acceptors (Lipinski definition) is 15. The molecule has 374 valence electrons. The summed E-state index contributed by atoms with van der Waals surface area (Å²) in [4.78, 5) is 150. The second-order valence-electron chi connectivity index (χ2n) is 16.5. The van der Waals surface area contributed by atoms with Gasteiger partial charge in [0.05, 0.1) is 25.4 Å². The van der Waals surface area contributed by atoms with E-state index < -0.39 is 152 Å². The van der Waals surface area contributed by atoms with Crippen LogP contribution in [0, 0.1) is 5.92 Å². The van der Waals surface area contributed by atoms with Gasteiger partial charge < -0.3 is 80.0 Å². The maximum Gasteiger partial charge on any atom is 0.326 e. The summed E-state index contributed by atoms with van der Waals surface area (Å²) >= 11 is 0. The molecule has 0 aromatic carbocycles. The summed E-state index contributed by atoms with van der Waals surface area (Å²) in [6.45, 7) is 2.78. The molecule has 1 aliphatic rings. The van der Waals surface area contributed by atoms with Gasteiger partial charge in [0.15, 0.2) is 0 Å². The van der Waals surface area contributed by atoms with Crippen LogP contribution in [0.15, 0.2) is 12.5 Å². The van der Waals surface area contributed by atoms with Crippen molar-refractivity contribution in [3.05, 3.63) is 18.2 Å². The predicted molar refractivity (Wildman–Crippen MR) is 233 cm³/mol. The molecule has 1 aliphatic heterocycles. The van der Waals surface area contributed by atoms with Crippen molar-refractivity contribution in [2.45, 2.75) is 139 Å². The Morgan fingerprint density at radius 2 is 1.31 bits per heavy atom. The maximum absolute atomic E-state index is 14.4. The van der Waals surface area contributed by atoms with E-state index >= 15 is 0 Å². The van der Waals surface area contributed by atoms with E-state index in [2.05, 4.69) is 41.9 Å². The van der Waals surface area contributed by atoms with Gasteiger partial charge in [-0.3, -0.25) is 47.9 Å². The number of likely N-dealkylation sites (tertiary alicyclic amines) is 1. The first-order valence-corrected chi connectivity index (χ1v) is 21.8. The number of aromatic nitrogens is 2. The zero-order chi connectivity index (χ0) is 50.4. The average molecular weight is 952 g/mol. The molecule has 0 unspecified atom stereocenters. The number of carbonyl (C=O) groups is 11. The molecule has 2 heterocycles. The largest absolute Gasteiger partial charge is 0.481 e. The highest BCUT2D eigenvalue weighted by Gasteiger charge is 2.40. The lowest BCUT2D eigenvalue weighted by molar-refractivity contribution is -0.143. The summed E-state index contributed by atoms with van der Waals surface area (Å²) in [5, 5.41) is 43.5. The van der Waals surface area contributed by atoms with Crippen LogP contribution in [-0.4, -0.2) is 163 Å². The third-order valence-corrected chi connectivity index (χ3v) is 10.5. The normalized spacial score (nSPS) is 16.5. The Hall–Kier alpha value is -6.74. The Morgan fingerprint density at radius 1 is 0.746 bits per heavy atom. The van der Waals surface area contributed by atoms with Gasteiger partial charge >= 0.3 is 11.9 Å². The topological polar surface area (TPSA) is 457 Å². The number of unbranched alkanes of at least 4 members (excludes halogenated alkanes) is 1. The second kappa shape index (κ2) is 28.3. The first kappa shape index (κ1) is 56.4. The number of hydrogen-bond donors (Lipinski definition) is 14. The van der Waals surface area contributed by atoms with E-state index in [1.807, 2.05) is 0 Å². The highest BCUT2D eigenvalue weighted by atomic mass is 16.4. The van der Waals surface area contributed by atoms with Crippen LogP contribution in [0.5, 0.6) is 0 Å². The number of nitrogens with one attached hydrogen (secondary N) is 7. The Bertz CT molecular complexity index is 1900. The van der Waals surface area contributed by atoms with Gasteiger partial charge in [-0.05, 0) is 63.8 Å². The van der Waals surface area contributed by atoms with Gasteiger partial charge in [-0.15, -0.1) is 0 Å². The van der Waals surface area contributed by atoms with Gasteiger partial charge in [-0.2, -0.15) is 0 Å². The van der Waals surface area contributed by atoms with Crippen molar-refractivity contribution in [3.63, 3.8) is 0 Å². The van der Waals surface area contributed by atoms with Gasteiger partial charge in [-0.25, -0.2) is 9.78 Å².